The maximum absolute atomic E-state index is 11.5. The fraction of sp³-hybridized carbons (Fsp3) is 0.917. The number of carbonyl (C=O) groups excluding carboxylic acids is 1. The molecule has 0 saturated heterocycles. The van der Waals surface area contributed by atoms with Gasteiger partial charge < -0.3 is 10.6 Å². The lowest BCUT2D eigenvalue weighted by Crippen LogP contribution is -2.46. The molecule has 0 aromatic heterocycles. The van der Waals surface area contributed by atoms with E-state index < -0.39 is 0 Å². The molecule has 0 heterocycles. The molecule has 1 fully saturated rings. The molecule has 0 spiro atoms. The van der Waals surface area contributed by atoms with Gasteiger partial charge in [0.2, 0.25) is 5.91 Å². The van der Waals surface area contributed by atoms with Crippen molar-refractivity contribution in [3.63, 3.8) is 0 Å². The summed E-state index contributed by atoms with van der Waals surface area (Å²) in [4.78, 5) is 11.5. The molecular formula is C12H24N2O. The van der Waals surface area contributed by atoms with Crippen LogP contribution in [0.15, 0.2) is 0 Å². The summed E-state index contributed by atoms with van der Waals surface area (Å²) in [5.74, 6) is 0.916. The van der Waals surface area contributed by atoms with Gasteiger partial charge in [-0.15, -0.1) is 0 Å². The second-order valence-corrected chi connectivity index (χ2v) is 5.53. The molecule has 15 heavy (non-hydrogen) atoms. The van der Waals surface area contributed by atoms with E-state index in [0.717, 1.165) is 12.3 Å². The first kappa shape index (κ1) is 12.5. The maximum Gasteiger partial charge on any atom is 0.234 e. The molecule has 0 bridgehead atoms. The van der Waals surface area contributed by atoms with Gasteiger partial charge >= 0.3 is 0 Å². The highest BCUT2D eigenvalue weighted by molar-refractivity contribution is 5.78. The fourth-order valence-corrected chi connectivity index (χ4v) is 1.83. The van der Waals surface area contributed by atoms with Gasteiger partial charge in [0.25, 0.3) is 0 Å². The van der Waals surface area contributed by atoms with E-state index in [1.165, 1.54) is 12.8 Å². The third-order valence-corrected chi connectivity index (χ3v) is 2.67. The zero-order valence-corrected chi connectivity index (χ0v) is 10.4. The largest absolute Gasteiger partial charge is 0.350 e. The molecule has 3 heteroatoms. The lowest BCUT2D eigenvalue weighted by molar-refractivity contribution is -0.121. The predicted octanol–water partition coefficient (Wildman–Crippen LogP) is 1.68. The molecule has 1 amide bonds. The highest BCUT2D eigenvalue weighted by Gasteiger charge is 2.29. The van der Waals surface area contributed by atoms with Crippen LogP contribution in [0.2, 0.25) is 0 Å². The number of hydrogen-bond donors (Lipinski definition) is 2. The molecular weight excluding hydrogens is 188 g/mol. The predicted molar refractivity (Wildman–Crippen MR) is 62.7 cm³/mol. The van der Waals surface area contributed by atoms with Gasteiger partial charge in [0, 0.05) is 11.6 Å². The fourth-order valence-electron chi connectivity index (χ4n) is 1.83. The highest BCUT2D eigenvalue weighted by Crippen LogP contribution is 2.33. The summed E-state index contributed by atoms with van der Waals surface area (Å²) in [5, 5.41) is 6.30. The Morgan fingerprint density at radius 1 is 1.40 bits per heavy atom. The smallest absolute Gasteiger partial charge is 0.234 e. The number of rotatable bonds is 5. The summed E-state index contributed by atoms with van der Waals surface area (Å²) < 4.78 is 0. The Kier molecular flexibility index (Phi) is 4.14. The average molecular weight is 212 g/mol. The second kappa shape index (κ2) is 4.97. The van der Waals surface area contributed by atoms with Gasteiger partial charge in [0.15, 0.2) is 0 Å². The Balaban J connectivity index is 2.20. The summed E-state index contributed by atoms with van der Waals surface area (Å²) in [6.07, 6.45) is 3.77. The van der Waals surface area contributed by atoms with E-state index in [2.05, 4.69) is 17.6 Å². The molecule has 3 nitrogen and oxygen atoms in total. The standard InChI is InChI=1S/C12H24N2O/c1-5-10(9-6-7-9)13-8-11(15)14-12(2,3)4/h9-10,13H,5-8H2,1-4H3,(H,14,15). The van der Waals surface area contributed by atoms with Crippen LogP contribution in [0.1, 0.15) is 47.0 Å². The number of carbonyl (C=O) groups is 1. The van der Waals surface area contributed by atoms with Gasteiger partial charge in [-0.1, -0.05) is 6.92 Å². The Labute approximate surface area is 93.0 Å². The second-order valence-electron chi connectivity index (χ2n) is 5.53. The minimum absolute atomic E-state index is 0.0987. The molecule has 1 rings (SSSR count). The minimum Gasteiger partial charge on any atom is -0.350 e. The van der Waals surface area contributed by atoms with E-state index in [-0.39, 0.29) is 11.4 Å². The summed E-state index contributed by atoms with van der Waals surface area (Å²) in [5.41, 5.74) is -0.125. The van der Waals surface area contributed by atoms with Crippen LogP contribution in [0.4, 0.5) is 0 Å². The SMILES string of the molecule is CCC(NCC(=O)NC(C)(C)C)C1CC1. The zero-order chi connectivity index (χ0) is 11.5. The van der Waals surface area contributed by atoms with Crippen molar-refractivity contribution < 1.29 is 4.79 Å². The van der Waals surface area contributed by atoms with Gasteiger partial charge in [0.05, 0.1) is 6.54 Å². The first-order valence-electron chi connectivity index (χ1n) is 5.97. The van der Waals surface area contributed by atoms with E-state index in [4.69, 9.17) is 0 Å². The molecule has 0 aromatic carbocycles. The summed E-state index contributed by atoms with van der Waals surface area (Å²) in [7, 11) is 0. The maximum atomic E-state index is 11.5. The van der Waals surface area contributed by atoms with Crippen LogP contribution in [-0.2, 0) is 4.79 Å². The highest BCUT2D eigenvalue weighted by atomic mass is 16.2. The van der Waals surface area contributed by atoms with Crippen molar-refractivity contribution >= 4 is 5.91 Å². The molecule has 88 valence electrons. The van der Waals surface area contributed by atoms with Crippen molar-refractivity contribution in [2.45, 2.75) is 58.5 Å². The molecule has 1 unspecified atom stereocenters. The normalized spacial score (nSPS) is 18.7. The lowest BCUT2D eigenvalue weighted by atomic mass is 10.1. The van der Waals surface area contributed by atoms with E-state index >= 15 is 0 Å². The molecule has 0 radical (unpaired) electrons. The van der Waals surface area contributed by atoms with Crippen LogP contribution in [0, 0.1) is 5.92 Å². The van der Waals surface area contributed by atoms with Crippen molar-refractivity contribution in [3.8, 4) is 0 Å². The number of nitrogens with one attached hydrogen (secondary N) is 2. The van der Waals surface area contributed by atoms with Crippen molar-refractivity contribution in [1.82, 2.24) is 10.6 Å². The van der Waals surface area contributed by atoms with Crippen molar-refractivity contribution in [3.05, 3.63) is 0 Å². The van der Waals surface area contributed by atoms with Gasteiger partial charge in [0.1, 0.15) is 0 Å². The Hall–Kier alpha value is -0.570. The Morgan fingerprint density at radius 2 is 2.00 bits per heavy atom. The van der Waals surface area contributed by atoms with Gasteiger partial charge in [-0.3, -0.25) is 4.79 Å². The third kappa shape index (κ3) is 5.17. The van der Waals surface area contributed by atoms with Gasteiger partial charge in [-0.25, -0.2) is 0 Å². The van der Waals surface area contributed by atoms with E-state index in [9.17, 15) is 4.79 Å². The molecule has 1 saturated carbocycles. The van der Waals surface area contributed by atoms with Crippen LogP contribution in [-0.4, -0.2) is 24.0 Å². The van der Waals surface area contributed by atoms with Crippen molar-refractivity contribution in [2.75, 3.05) is 6.54 Å². The average Bonchev–Trinajstić information content (AvgIpc) is 2.85. The lowest BCUT2D eigenvalue weighted by Gasteiger charge is -2.22. The van der Waals surface area contributed by atoms with E-state index in [1.807, 2.05) is 20.8 Å². The molecule has 0 aliphatic heterocycles. The molecule has 0 aromatic rings. The third-order valence-electron chi connectivity index (χ3n) is 2.67. The molecule has 2 N–H and O–H groups in total. The molecule has 1 aliphatic carbocycles. The number of hydrogen-bond acceptors (Lipinski definition) is 2. The van der Waals surface area contributed by atoms with Crippen molar-refractivity contribution in [2.24, 2.45) is 5.92 Å². The summed E-state index contributed by atoms with van der Waals surface area (Å²) in [6, 6.07) is 0.538. The van der Waals surface area contributed by atoms with Gasteiger partial charge in [-0.2, -0.15) is 0 Å². The van der Waals surface area contributed by atoms with E-state index in [1.54, 1.807) is 0 Å². The van der Waals surface area contributed by atoms with Crippen LogP contribution in [0.25, 0.3) is 0 Å². The Bertz CT molecular complexity index is 216. The Morgan fingerprint density at radius 3 is 2.40 bits per heavy atom. The molecule has 1 atom stereocenters. The van der Waals surface area contributed by atoms with Crippen LogP contribution >= 0.6 is 0 Å². The number of amides is 1. The topological polar surface area (TPSA) is 41.1 Å². The van der Waals surface area contributed by atoms with Gasteiger partial charge in [-0.05, 0) is 46.0 Å². The zero-order valence-electron chi connectivity index (χ0n) is 10.4. The summed E-state index contributed by atoms with van der Waals surface area (Å²) >= 11 is 0. The first-order chi connectivity index (χ1) is 6.92. The van der Waals surface area contributed by atoms with E-state index in [0.29, 0.717) is 12.6 Å². The summed E-state index contributed by atoms with van der Waals surface area (Å²) in [6.45, 7) is 8.64. The van der Waals surface area contributed by atoms with Crippen LogP contribution in [0.5, 0.6) is 0 Å². The quantitative estimate of drug-likeness (QED) is 0.728. The molecule has 1 aliphatic rings. The van der Waals surface area contributed by atoms with Crippen LogP contribution < -0.4 is 10.6 Å². The van der Waals surface area contributed by atoms with Crippen molar-refractivity contribution in [1.29, 1.82) is 0 Å². The minimum atomic E-state index is -0.125. The monoisotopic (exact) mass is 212 g/mol. The van der Waals surface area contributed by atoms with Crippen LogP contribution in [0.3, 0.4) is 0 Å². The first-order valence-corrected chi connectivity index (χ1v) is 5.97.